The fraction of sp³-hybridized carbons (Fsp3) is 0.261. The Hall–Kier alpha value is -4.10. The molecule has 14 heteroatoms. The van der Waals surface area contributed by atoms with Crippen LogP contribution in [0.4, 0.5) is 0 Å². The van der Waals surface area contributed by atoms with Crippen molar-refractivity contribution in [1.82, 2.24) is 33.8 Å². The van der Waals surface area contributed by atoms with Gasteiger partial charge in [0.05, 0.1) is 23.6 Å². The Morgan fingerprint density at radius 2 is 1.97 bits per heavy atom. The van der Waals surface area contributed by atoms with Crippen molar-refractivity contribution in [3.8, 4) is 10.6 Å². The molecule has 192 valence electrons. The second-order valence-corrected chi connectivity index (χ2v) is 9.49. The molecule has 0 aromatic carbocycles. The fourth-order valence-electron chi connectivity index (χ4n) is 3.50. The number of carbonyl (C=O) groups is 1. The fourth-order valence-corrected chi connectivity index (χ4v) is 4.29. The summed E-state index contributed by atoms with van der Waals surface area (Å²) < 4.78 is 8.59. The van der Waals surface area contributed by atoms with Crippen LogP contribution < -0.4 is 17.0 Å². The molecule has 12 nitrogen and oxygen atoms in total. The van der Waals surface area contributed by atoms with Gasteiger partial charge in [-0.25, -0.2) is 14.8 Å². The van der Waals surface area contributed by atoms with Gasteiger partial charge in [0, 0.05) is 36.5 Å². The molecule has 0 aliphatic heterocycles. The maximum absolute atomic E-state index is 12.8. The normalized spacial score (nSPS) is 11.8. The number of hydrogen-bond acceptors (Lipinski definition) is 9. The topological polar surface area (TPSA) is 157 Å². The zero-order chi connectivity index (χ0) is 26.9. The maximum Gasteiger partial charge on any atom is 0.332 e. The number of carbonyl (C=O) groups excluding carboxylic acids is 1. The highest BCUT2D eigenvalue weighted by Crippen LogP contribution is 2.24. The molecular formula is C23H23ClN8O4S. The summed E-state index contributed by atoms with van der Waals surface area (Å²) in [7, 11) is 1.50. The van der Waals surface area contributed by atoms with Crippen LogP contribution in [0.5, 0.6) is 0 Å². The number of nitrogens with zero attached hydrogens (tertiary/aromatic N) is 7. The van der Waals surface area contributed by atoms with Gasteiger partial charge in [-0.3, -0.25) is 23.7 Å². The van der Waals surface area contributed by atoms with Crippen molar-refractivity contribution < 1.29 is 9.32 Å². The van der Waals surface area contributed by atoms with Crippen LogP contribution in [0.1, 0.15) is 30.1 Å². The lowest BCUT2D eigenvalue weighted by molar-refractivity contribution is -0.120. The second kappa shape index (κ2) is 10.5. The highest BCUT2D eigenvalue weighted by Gasteiger charge is 2.21. The predicted octanol–water partition coefficient (Wildman–Crippen LogP) is 2.45. The molecular weight excluding hydrogens is 520 g/mol. The van der Waals surface area contributed by atoms with Crippen molar-refractivity contribution in [2.75, 3.05) is 0 Å². The number of nitrogens with two attached hydrogens (primary N) is 1. The summed E-state index contributed by atoms with van der Waals surface area (Å²) in [6.07, 6.45) is 4.89. The van der Waals surface area contributed by atoms with Crippen LogP contribution in [0.15, 0.2) is 50.3 Å². The number of aromatic nitrogens is 7. The van der Waals surface area contributed by atoms with Gasteiger partial charge in [0.2, 0.25) is 5.91 Å². The SMILES string of the molecule is Cc1cc(Cn2c(=O)c3c(ncn3[C@@H](C)C(N)=O)n(C)c2=O)no1.Cc1ncc(-c2nccs2)cc1Cl. The minimum Gasteiger partial charge on any atom is -0.368 e. The molecule has 0 saturated carbocycles. The molecule has 5 aromatic rings. The molecule has 5 rings (SSSR count). The van der Waals surface area contributed by atoms with Crippen LogP contribution in [-0.2, 0) is 18.4 Å². The first-order valence-electron chi connectivity index (χ1n) is 11.0. The lowest BCUT2D eigenvalue weighted by Gasteiger charge is -2.11. The number of aryl methyl sites for hydroxylation is 3. The summed E-state index contributed by atoms with van der Waals surface area (Å²) >= 11 is 7.53. The van der Waals surface area contributed by atoms with Crippen molar-refractivity contribution in [2.45, 2.75) is 33.4 Å². The number of rotatable bonds is 5. The van der Waals surface area contributed by atoms with Crippen molar-refractivity contribution in [1.29, 1.82) is 0 Å². The van der Waals surface area contributed by atoms with Crippen molar-refractivity contribution in [3.63, 3.8) is 0 Å². The monoisotopic (exact) mass is 542 g/mol. The van der Waals surface area contributed by atoms with Crippen LogP contribution in [0, 0.1) is 13.8 Å². The van der Waals surface area contributed by atoms with Crippen molar-refractivity contribution in [3.05, 3.63) is 79.2 Å². The smallest absolute Gasteiger partial charge is 0.332 e. The molecule has 37 heavy (non-hydrogen) atoms. The summed E-state index contributed by atoms with van der Waals surface area (Å²) in [5, 5.41) is 7.37. The van der Waals surface area contributed by atoms with Gasteiger partial charge in [-0.2, -0.15) is 0 Å². The van der Waals surface area contributed by atoms with Gasteiger partial charge in [-0.1, -0.05) is 16.8 Å². The van der Waals surface area contributed by atoms with Gasteiger partial charge in [0.25, 0.3) is 5.56 Å². The van der Waals surface area contributed by atoms with E-state index in [0.717, 1.165) is 20.8 Å². The zero-order valence-electron chi connectivity index (χ0n) is 20.4. The first-order chi connectivity index (χ1) is 17.6. The Morgan fingerprint density at radius 3 is 2.57 bits per heavy atom. The number of amides is 1. The number of halogens is 1. The Morgan fingerprint density at radius 1 is 1.22 bits per heavy atom. The molecule has 0 fully saturated rings. The van der Waals surface area contributed by atoms with Crippen LogP contribution in [0.2, 0.25) is 5.02 Å². The van der Waals surface area contributed by atoms with Crippen molar-refractivity contribution >= 4 is 40.0 Å². The summed E-state index contributed by atoms with van der Waals surface area (Å²) in [5.74, 6) is -0.0374. The maximum atomic E-state index is 12.8. The van der Waals surface area contributed by atoms with E-state index in [9.17, 15) is 14.4 Å². The largest absolute Gasteiger partial charge is 0.368 e. The van der Waals surface area contributed by atoms with Gasteiger partial charge in [-0.15, -0.1) is 11.3 Å². The van der Waals surface area contributed by atoms with E-state index in [-0.39, 0.29) is 17.7 Å². The second-order valence-electron chi connectivity index (χ2n) is 8.19. The van der Waals surface area contributed by atoms with Gasteiger partial charge in [-0.05, 0) is 26.8 Å². The number of primary amides is 1. The third-order valence-electron chi connectivity index (χ3n) is 5.59. The van der Waals surface area contributed by atoms with E-state index in [4.69, 9.17) is 21.9 Å². The lowest BCUT2D eigenvalue weighted by atomic mass is 10.2. The predicted molar refractivity (Wildman–Crippen MR) is 139 cm³/mol. The van der Waals surface area contributed by atoms with E-state index in [1.165, 1.54) is 22.5 Å². The average Bonchev–Trinajstić information content (AvgIpc) is 3.63. The van der Waals surface area contributed by atoms with Crippen LogP contribution >= 0.6 is 22.9 Å². The molecule has 0 aliphatic rings. The zero-order valence-corrected chi connectivity index (χ0v) is 21.9. The van der Waals surface area contributed by atoms with Gasteiger partial charge in [0.1, 0.15) is 22.5 Å². The van der Waals surface area contributed by atoms with E-state index in [1.807, 2.05) is 18.4 Å². The van der Waals surface area contributed by atoms with E-state index in [0.29, 0.717) is 16.5 Å². The number of imidazole rings is 1. The molecule has 0 saturated heterocycles. The Kier molecular flexibility index (Phi) is 7.36. The van der Waals surface area contributed by atoms with Crippen LogP contribution in [-0.4, -0.2) is 39.7 Å². The third kappa shape index (κ3) is 5.22. The number of hydrogen-bond donors (Lipinski definition) is 1. The van der Waals surface area contributed by atoms with E-state index >= 15 is 0 Å². The van der Waals surface area contributed by atoms with Crippen LogP contribution in [0.3, 0.4) is 0 Å². The standard InChI is InChI=1S/C14H16N6O4.C9H7ClN2S/c1-7-4-9(17-24-7)5-19-13(22)10-12(18(3)14(19)23)16-6-20(10)8(2)11(15)21;1-6-8(10)4-7(5-12-6)9-11-2-3-13-9/h4,6,8H,5H2,1-3H3,(H2,15,21);2-5H,1H3/t8-;/m0./s1. The van der Waals surface area contributed by atoms with Gasteiger partial charge < -0.3 is 14.8 Å². The molecule has 2 N–H and O–H groups in total. The summed E-state index contributed by atoms with van der Waals surface area (Å²) in [4.78, 5) is 49.1. The van der Waals surface area contributed by atoms with E-state index in [2.05, 4.69) is 20.1 Å². The first-order valence-corrected chi connectivity index (χ1v) is 12.2. The summed E-state index contributed by atoms with van der Waals surface area (Å²) in [6.45, 7) is 5.10. The van der Waals surface area contributed by atoms with E-state index < -0.39 is 23.2 Å². The number of pyridine rings is 1. The summed E-state index contributed by atoms with van der Waals surface area (Å²) in [6, 6.07) is 2.75. The number of thiazole rings is 1. The van der Waals surface area contributed by atoms with Gasteiger partial charge in [0.15, 0.2) is 11.2 Å². The molecule has 0 spiro atoms. The quantitative estimate of drug-likeness (QED) is 0.355. The molecule has 0 radical (unpaired) electrons. The Balaban J connectivity index is 0.000000207. The van der Waals surface area contributed by atoms with E-state index in [1.54, 1.807) is 43.6 Å². The molecule has 5 heterocycles. The lowest BCUT2D eigenvalue weighted by Crippen LogP contribution is -2.40. The first kappa shape index (κ1) is 26.0. The minimum absolute atomic E-state index is 0.0467. The Labute approximate surface area is 219 Å². The highest BCUT2D eigenvalue weighted by molar-refractivity contribution is 7.13. The third-order valence-corrected chi connectivity index (χ3v) is 6.79. The van der Waals surface area contributed by atoms with Crippen molar-refractivity contribution in [2.24, 2.45) is 12.8 Å². The number of fused-ring (bicyclic) bond motifs is 1. The molecule has 1 atom stereocenters. The van der Waals surface area contributed by atoms with Crippen LogP contribution in [0.25, 0.3) is 21.7 Å². The summed E-state index contributed by atoms with van der Waals surface area (Å²) in [5.41, 5.74) is 6.79. The molecule has 0 unspecified atom stereocenters. The Bertz CT molecular complexity index is 1700. The molecule has 0 aliphatic carbocycles. The molecule has 0 bridgehead atoms. The highest BCUT2D eigenvalue weighted by atomic mass is 35.5. The molecule has 1 amide bonds. The minimum atomic E-state index is -0.775. The average molecular weight is 543 g/mol. The van der Waals surface area contributed by atoms with Gasteiger partial charge >= 0.3 is 5.69 Å². The molecule has 5 aromatic heterocycles.